The molecule has 3 heteroatoms. The van der Waals surface area contributed by atoms with Crippen LogP contribution in [-0.4, -0.2) is 24.8 Å². The highest BCUT2D eigenvalue weighted by molar-refractivity contribution is 5.85. The van der Waals surface area contributed by atoms with E-state index in [0.29, 0.717) is 11.7 Å². The number of ketones is 1. The van der Waals surface area contributed by atoms with Crippen molar-refractivity contribution in [2.75, 3.05) is 13.2 Å². The smallest absolute Gasteiger partial charge is 0.183 e. The van der Waals surface area contributed by atoms with E-state index < -0.39 is 0 Å². The summed E-state index contributed by atoms with van der Waals surface area (Å²) >= 11 is 0. The van der Waals surface area contributed by atoms with Gasteiger partial charge in [-0.15, -0.1) is 0 Å². The second-order valence-corrected chi connectivity index (χ2v) is 4.81. The molecule has 1 heterocycles. The molecule has 2 aliphatic rings. The van der Waals surface area contributed by atoms with Crippen molar-refractivity contribution in [2.45, 2.75) is 39.0 Å². The van der Waals surface area contributed by atoms with E-state index in [1.165, 1.54) is 0 Å². The molecule has 2 rings (SSSR count). The van der Waals surface area contributed by atoms with Crippen molar-refractivity contribution in [3.63, 3.8) is 0 Å². The average Bonchev–Trinajstić information content (AvgIpc) is 2.93. The van der Waals surface area contributed by atoms with E-state index in [4.69, 9.17) is 4.74 Å². The van der Waals surface area contributed by atoms with Gasteiger partial charge in [0, 0.05) is 18.8 Å². The predicted octanol–water partition coefficient (Wildman–Crippen LogP) is 2.76. The van der Waals surface area contributed by atoms with Crippen molar-refractivity contribution in [2.24, 2.45) is 16.8 Å². The van der Waals surface area contributed by atoms with Gasteiger partial charge in [-0.25, -0.2) is 0 Å². The second-order valence-electron chi connectivity index (χ2n) is 4.81. The molecule has 1 aliphatic heterocycles. The Morgan fingerprint density at radius 2 is 2.35 bits per heavy atom. The van der Waals surface area contributed by atoms with Gasteiger partial charge in [-0.1, -0.05) is 19.1 Å². The molecule has 0 aromatic rings. The molecule has 0 spiro atoms. The van der Waals surface area contributed by atoms with Gasteiger partial charge >= 0.3 is 0 Å². The van der Waals surface area contributed by atoms with E-state index in [2.05, 4.69) is 24.1 Å². The third kappa shape index (κ3) is 3.18. The molecule has 2 atom stereocenters. The van der Waals surface area contributed by atoms with Gasteiger partial charge in [-0.3, -0.25) is 9.79 Å². The van der Waals surface area contributed by atoms with Crippen LogP contribution in [0.3, 0.4) is 0 Å². The van der Waals surface area contributed by atoms with Crippen LogP contribution in [0.1, 0.15) is 39.0 Å². The Hall–Kier alpha value is -1.12. The van der Waals surface area contributed by atoms with E-state index in [-0.39, 0.29) is 5.92 Å². The van der Waals surface area contributed by atoms with Gasteiger partial charge in [0.1, 0.15) is 12.4 Å². The zero-order valence-corrected chi connectivity index (χ0v) is 10.5. The molecule has 94 valence electrons. The van der Waals surface area contributed by atoms with Crippen LogP contribution in [0, 0.1) is 11.8 Å². The minimum atomic E-state index is 0.199. The fraction of sp³-hybridized carbons (Fsp3) is 0.714. The molecule has 0 radical (unpaired) electrons. The summed E-state index contributed by atoms with van der Waals surface area (Å²) in [6.45, 7) is 3.62. The second kappa shape index (κ2) is 5.99. The average molecular weight is 235 g/mol. The molecular weight excluding hydrogens is 214 g/mol. The Balaban J connectivity index is 1.90. The van der Waals surface area contributed by atoms with Crippen molar-refractivity contribution in [1.82, 2.24) is 0 Å². The third-order valence-electron chi connectivity index (χ3n) is 3.62. The Kier molecular flexibility index (Phi) is 4.35. The first-order chi connectivity index (χ1) is 8.31. The van der Waals surface area contributed by atoms with Gasteiger partial charge < -0.3 is 4.74 Å². The zero-order valence-electron chi connectivity index (χ0n) is 10.5. The summed E-state index contributed by atoms with van der Waals surface area (Å²) in [4.78, 5) is 16.2. The van der Waals surface area contributed by atoms with Crippen molar-refractivity contribution < 1.29 is 9.53 Å². The van der Waals surface area contributed by atoms with Crippen molar-refractivity contribution in [3.05, 3.63) is 12.2 Å². The molecule has 1 fully saturated rings. The summed E-state index contributed by atoms with van der Waals surface area (Å²) in [5, 5.41) is 0. The molecule has 0 bridgehead atoms. The summed E-state index contributed by atoms with van der Waals surface area (Å²) in [6.07, 6.45) is 8.83. The number of ether oxygens (including phenoxy) is 1. The highest BCUT2D eigenvalue weighted by Crippen LogP contribution is 2.34. The summed E-state index contributed by atoms with van der Waals surface area (Å²) in [5.74, 6) is 1.94. The van der Waals surface area contributed by atoms with Gasteiger partial charge in [0.05, 0.1) is 6.54 Å². The van der Waals surface area contributed by atoms with Crippen LogP contribution >= 0.6 is 0 Å². The fourth-order valence-electron chi connectivity index (χ4n) is 2.68. The number of hydrogen-bond acceptors (Lipinski definition) is 3. The van der Waals surface area contributed by atoms with E-state index >= 15 is 0 Å². The highest BCUT2D eigenvalue weighted by atomic mass is 16.5. The molecule has 0 aromatic carbocycles. The quantitative estimate of drug-likeness (QED) is 0.687. The number of nitrogens with zero attached hydrogens (tertiary/aromatic N) is 1. The lowest BCUT2D eigenvalue weighted by molar-refractivity contribution is -0.121. The molecule has 0 aromatic heterocycles. The fourth-order valence-corrected chi connectivity index (χ4v) is 2.68. The maximum Gasteiger partial charge on any atom is 0.183 e. The molecule has 1 saturated carbocycles. The van der Waals surface area contributed by atoms with Gasteiger partial charge in [-0.2, -0.15) is 0 Å². The molecule has 0 N–H and O–H groups in total. The molecule has 2 unspecified atom stereocenters. The van der Waals surface area contributed by atoms with Gasteiger partial charge in [0.2, 0.25) is 0 Å². The molecule has 0 amide bonds. The third-order valence-corrected chi connectivity index (χ3v) is 3.62. The number of carbonyl (C=O) groups is 1. The van der Waals surface area contributed by atoms with Gasteiger partial charge in [0.25, 0.3) is 0 Å². The Bertz CT molecular complexity index is 333. The number of allylic oxidation sites excluding steroid dienone is 2. The lowest BCUT2D eigenvalue weighted by Gasteiger charge is -2.16. The Labute approximate surface area is 103 Å². The Morgan fingerprint density at radius 3 is 3.06 bits per heavy atom. The van der Waals surface area contributed by atoms with E-state index in [1.807, 2.05) is 0 Å². The van der Waals surface area contributed by atoms with E-state index in [9.17, 15) is 4.79 Å². The molecule has 17 heavy (non-hydrogen) atoms. The lowest BCUT2D eigenvalue weighted by Crippen LogP contribution is -2.17. The maximum atomic E-state index is 11.8. The first-order valence-electron chi connectivity index (χ1n) is 6.65. The number of carbonyl (C=O) groups excluding carboxylic acids is 1. The van der Waals surface area contributed by atoms with Crippen LogP contribution in [0.15, 0.2) is 17.1 Å². The van der Waals surface area contributed by atoms with Crippen LogP contribution in [0.5, 0.6) is 0 Å². The Morgan fingerprint density at radius 1 is 1.47 bits per heavy atom. The van der Waals surface area contributed by atoms with Crippen LogP contribution < -0.4 is 0 Å². The zero-order chi connectivity index (χ0) is 12.1. The van der Waals surface area contributed by atoms with Crippen LogP contribution in [0.25, 0.3) is 0 Å². The SMILES string of the molecule is CC/C=C/CC1C(=O)CCC1CC1=NCCO1. The standard InChI is InChI=1S/C14H21NO2/c1-2-3-4-5-12-11(6-7-13(12)16)10-14-15-8-9-17-14/h3-4,11-12H,2,5-10H2,1H3/b4-3+. The highest BCUT2D eigenvalue weighted by Gasteiger charge is 2.34. The summed E-state index contributed by atoms with van der Waals surface area (Å²) in [7, 11) is 0. The van der Waals surface area contributed by atoms with E-state index in [0.717, 1.165) is 51.2 Å². The molecule has 0 saturated heterocycles. The first kappa shape index (κ1) is 12.3. The minimum absolute atomic E-state index is 0.199. The summed E-state index contributed by atoms with van der Waals surface area (Å²) in [6, 6.07) is 0. The lowest BCUT2D eigenvalue weighted by atomic mass is 9.89. The monoisotopic (exact) mass is 235 g/mol. The first-order valence-corrected chi connectivity index (χ1v) is 6.65. The van der Waals surface area contributed by atoms with Crippen LogP contribution in [0.4, 0.5) is 0 Å². The number of aliphatic imine (C=N–C) groups is 1. The van der Waals surface area contributed by atoms with Gasteiger partial charge in [-0.05, 0) is 25.2 Å². The number of Topliss-reactive ketones (excluding diaryl/α,β-unsaturated/α-hetero) is 1. The van der Waals surface area contributed by atoms with Crippen molar-refractivity contribution >= 4 is 11.7 Å². The largest absolute Gasteiger partial charge is 0.479 e. The normalized spacial score (nSPS) is 28.8. The molecule has 1 aliphatic carbocycles. The van der Waals surface area contributed by atoms with E-state index in [1.54, 1.807) is 0 Å². The summed E-state index contributed by atoms with van der Waals surface area (Å²) < 4.78 is 5.44. The number of rotatable bonds is 5. The molecule has 3 nitrogen and oxygen atoms in total. The summed E-state index contributed by atoms with van der Waals surface area (Å²) in [5.41, 5.74) is 0. The minimum Gasteiger partial charge on any atom is -0.479 e. The molecular formula is C14H21NO2. The van der Waals surface area contributed by atoms with Gasteiger partial charge in [0.15, 0.2) is 5.90 Å². The van der Waals surface area contributed by atoms with Crippen molar-refractivity contribution in [3.8, 4) is 0 Å². The topological polar surface area (TPSA) is 38.7 Å². The maximum absolute atomic E-state index is 11.8. The predicted molar refractivity (Wildman–Crippen MR) is 68.1 cm³/mol. The number of hydrogen-bond donors (Lipinski definition) is 0. The van der Waals surface area contributed by atoms with Crippen molar-refractivity contribution in [1.29, 1.82) is 0 Å². The van der Waals surface area contributed by atoms with Crippen LogP contribution in [-0.2, 0) is 9.53 Å². The van der Waals surface area contributed by atoms with Crippen LogP contribution in [0.2, 0.25) is 0 Å².